The highest BCUT2D eigenvalue weighted by atomic mass is 32.2. The maximum atomic E-state index is 12.2. The van der Waals surface area contributed by atoms with Crippen LogP contribution in [0.2, 0.25) is 0 Å². The van der Waals surface area contributed by atoms with E-state index in [0.29, 0.717) is 31.4 Å². The van der Waals surface area contributed by atoms with E-state index >= 15 is 0 Å². The number of ketones is 1. The van der Waals surface area contributed by atoms with Gasteiger partial charge < -0.3 is 4.74 Å². The summed E-state index contributed by atoms with van der Waals surface area (Å²) in [7, 11) is -3.33. The Morgan fingerprint density at radius 3 is 2.54 bits per heavy atom. The minimum Gasteiger partial charge on any atom is -0.458 e. The van der Waals surface area contributed by atoms with Crippen molar-refractivity contribution in [3.05, 3.63) is 29.3 Å². The van der Waals surface area contributed by atoms with Crippen LogP contribution in [0.4, 0.5) is 5.69 Å². The van der Waals surface area contributed by atoms with Gasteiger partial charge in [0.2, 0.25) is 10.0 Å². The lowest BCUT2D eigenvalue weighted by Crippen LogP contribution is -2.48. The fraction of sp³-hybridized carbons (Fsp3) is 0.619. The van der Waals surface area contributed by atoms with Crippen molar-refractivity contribution in [2.75, 3.05) is 11.0 Å². The van der Waals surface area contributed by atoms with Crippen LogP contribution in [0, 0.1) is 5.92 Å². The zero-order chi connectivity index (χ0) is 20.4. The van der Waals surface area contributed by atoms with Crippen LogP contribution in [0.25, 0.3) is 0 Å². The van der Waals surface area contributed by atoms with E-state index < -0.39 is 21.6 Å². The molecule has 3 rings (SSSR count). The quantitative estimate of drug-likeness (QED) is 0.553. The molecule has 1 atom stereocenters. The van der Waals surface area contributed by atoms with Gasteiger partial charge in [-0.15, -0.1) is 0 Å². The van der Waals surface area contributed by atoms with Gasteiger partial charge in [-0.2, -0.15) is 0 Å². The molecule has 0 radical (unpaired) electrons. The predicted octanol–water partition coefficient (Wildman–Crippen LogP) is 3.39. The number of sulfonamides is 1. The van der Waals surface area contributed by atoms with Crippen LogP contribution < -0.4 is 4.72 Å². The number of benzene rings is 1. The van der Waals surface area contributed by atoms with E-state index in [-0.39, 0.29) is 18.1 Å². The number of Topliss-reactive ketones (excluding diaryl/α,β-unsaturated/α-hetero) is 1. The van der Waals surface area contributed by atoms with Crippen LogP contribution in [0.3, 0.4) is 0 Å². The monoisotopic (exact) mass is 407 g/mol. The summed E-state index contributed by atoms with van der Waals surface area (Å²) in [4.78, 5) is 24.2. The highest BCUT2D eigenvalue weighted by molar-refractivity contribution is 7.92. The fourth-order valence-electron chi connectivity index (χ4n) is 4.63. The Hall–Kier alpha value is -1.89. The van der Waals surface area contributed by atoms with Crippen molar-refractivity contribution in [3.63, 3.8) is 0 Å². The summed E-state index contributed by atoms with van der Waals surface area (Å²) >= 11 is 0. The van der Waals surface area contributed by atoms with Gasteiger partial charge in [-0.3, -0.25) is 14.3 Å². The molecule has 0 aromatic heterocycles. The van der Waals surface area contributed by atoms with Crippen molar-refractivity contribution in [1.29, 1.82) is 0 Å². The molecular weight excluding hydrogens is 378 g/mol. The van der Waals surface area contributed by atoms with Crippen molar-refractivity contribution in [2.24, 2.45) is 5.92 Å². The Bertz CT molecular complexity index is 840. The molecule has 1 saturated heterocycles. The molecular formula is C21H29NO5S. The summed E-state index contributed by atoms with van der Waals surface area (Å²) < 4.78 is 31.5. The maximum absolute atomic E-state index is 12.2. The Labute approximate surface area is 167 Å². The number of aryl methyl sites for hydroxylation is 2. The predicted molar refractivity (Wildman–Crippen MR) is 108 cm³/mol. The molecule has 0 bridgehead atoms. The molecule has 2 fully saturated rings. The second kappa shape index (κ2) is 8.23. The summed E-state index contributed by atoms with van der Waals surface area (Å²) in [6, 6.07) is 5.69. The van der Waals surface area contributed by atoms with Crippen LogP contribution in [0.5, 0.6) is 0 Å². The molecule has 7 heteroatoms. The molecule has 1 heterocycles. The molecule has 0 spiro atoms. The number of nitrogens with one attached hydrogen (secondary N) is 1. The molecule has 1 N–H and O–H groups in total. The molecule has 6 nitrogen and oxygen atoms in total. The zero-order valence-corrected chi connectivity index (χ0v) is 17.4. The number of cyclic esters (lactones) is 1. The number of hydrogen-bond acceptors (Lipinski definition) is 5. The number of carbonyl (C=O) groups is 2. The van der Waals surface area contributed by atoms with E-state index in [0.717, 1.165) is 43.1 Å². The number of ether oxygens (including phenoxy) is 1. The van der Waals surface area contributed by atoms with Gasteiger partial charge in [0.05, 0.1) is 11.9 Å². The van der Waals surface area contributed by atoms with E-state index in [1.807, 2.05) is 19.1 Å². The minimum absolute atomic E-state index is 0.0231. The first kappa shape index (κ1) is 20.8. The molecule has 0 amide bonds. The van der Waals surface area contributed by atoms with Gasteiger partial charge in [0, 0.05) is 6.42 Å². The standard InChI is InChI=1S/C21H29NO5S/c1-3-16-12-15(8-9-19(16)22-28(2,25)26)10-11-21(17-6-4-5-7-17)14-18(23)13-20(24)27-21/h8-9,12,17,22H,3-7,10-11,13-14H2,1-2H3. The molecule has 1 aromatic carbocycles. The first-order valence-electron chi connectivity index (χ1n) is 10.0. The number of carbonyl (C=O) groups excluding carboxylic acids is 2. The summed E-state index contributed by atoms with van der Waals surface area (Å²) in [5.41, 5.74) is 1.90. The summed E-state index contributed by atoms with van der Waals surface area (Å²) in [5.74, 6) is -0.173. The van der Waals surface area contributed by atoms with Gasteiger partial charge in [-0.25, -0.2) is 8.42 Å². The van der Waals surface area contributed by atoms with Gasteiger partial charge in [-0.05, 0) is 55.2 Å². The van der Waals surface area contributed by atoms with Gasteiger partial charge in [-0.1, -0.05) is 31.9 Å². The average Bonchev–Trinajstić information content (AvgIpc) is 3.14. The molecule has 1 aliphatic heterocycles. The van der Waals surface area contributed by atoms with Crippen molar-refractivity contribution in [3.8, 4) is 0 Å². The van der Waals surface area contributed by atoms with E-state index in [4.69, 9.17) is 4.74 Å². The Balaban J connectivity index is 1.79. The third kappa shape index (κ3) is 4.93. The number of anilines is 1. The van der Waals surface area contributed by atoms with E-state index in [2.05, 4.69) is 4.72 Å². The Morgan fingerprint density at radius 1 is 1.21 bits per heavy atom. The normalized spacial score (nSPS) is 23.6. The van der Waals surface area contributed by atoms with E-state index in [9.17, 15) is 18.0 Å². The highest BCUT2D eigenvalue weighted by Crippen LogP contribution is 2.44. The highest BCUT2D eigenvalue weighted by Gasteiger charge is 2.47. The first-order valence-corrected chi connectivity index (χ1v) is 11.9. The topological polar surface area (TPSA) is 89.5 Å². The Kier molecular flexibility index (Phi) is 6.12. The minimum atomic E-state index is -3.33. The zero-order valence-electron chi connectivity index (χ0n) is 16.6. The second-order valence-corrected chi connectivity index (χ2v) is 9.88. The second-order valence-electron chi connectivity index (χ2n) is 8.13. The summed E-state index contributed by atoms with van der Waals surface area (Å²) in [5, 5.41) is 0. The number of rotatable bonds is 7. The van der Waals surface area contributed by atoms with Crippen molar-refractivity contribution < 1.29 is 22.7 Å². The van der Waals surface area contributed by atoms with Gasteiger partial charge in [0.1, 0.15) is 17.8 Å². The van der Waals surface area contributed by atoms with Gasteiger partial charge in [0.25, 0.3) is 0 Å². The molecule has 1 saturated carbocycles. The van der Waals surface area contributed by atoms with Crippen LogP contribution in [0.15, 0.2) is 18.2 Å². The third-order valence-electron chi connectivity index (χ3n) is 5.94. The summed E-state index contributed by atoms with van der Waals surface area (Å²) in [6.07, 6.45) is 7.58. The molecule has 154 valence electrons. The molecule has 1 unspecified atom stereocenters. The van der Waals surface area contributed by atoms with Crippen LogP contribution in [-0.2, 0) is 37.2 Å². The molecule has 1 aliphatic carbocycles. The lowest BCUT2D eigenvalue weighted by atomic mass is 9.76. The lowest BCUT2D eigenvalue weighted by Gasteiger charge is -2.41. The lowest BCUT2D eigenvalue weighted by molar-refractivity contribution is -0.178. The van der Waals surface area contributed by atoms with Crippen molar-refractivity contribution in [1.82, 2.24) is 0 Å². The first-order chi connectivity index (χ1) is 13.2. The fourth-order valence-corrected chi connectivity index (χ4v) is 5.23. The van der Waals surface area contributed by atoms with Crippen LogP contribution in [0.1, 0.15) is 63.0 Å². The SMILES string of the molecule is CCc1cc(CCC2(C3CCCC3)CC(=O)CC(=O)O2)ccc1NS(C)(=O)=O. The molecule has 2 aliphatic rings. The smallest absolute Gasteiger partial charge is 0.313 e. The third-order valence-corrected chi connectivity index (χ3v) is 6.53. The average molecular weight is 408 g/mol. The maximum Gasteiger partial charge on any atom is 0.313 e. The summed E-state index contributed by atoms with van der Waals surface area (Å²) in [6.45, 7) is 1.98. The van der Waals surface area contributed by atoms with Gasteiger partial charge in [0.15, 0.2) is 0 Å². The molecule has 1 aromatic rings. The van der Waals surface area contributed by atoms with Gasteiger partial charge >= 0.3 is 5.97 Å². The van der Waals surface area contributed by atoms with Crippen LogP contribution >= 0.6 is 0 Å². The van der Waals surface area contributed by atoms with Crippen LogP contribution in [-0.4, -0.2) is 32.0 Å². The number of esters is 1. The molecule has 28 heavy (non-hydrogen) atoms. The van der Waals surface area contributed by atoms with E-state index in [1.165, 1.54) is 0 Å². The van der Waals surface area contributed by atoms with E-state index in [1.54, 1.807) is 6.07 Å². The largest absolute Gasteiger partial charge is 0.458 e. The van der Waals surface area contributed by atoms with Crippen molar-refractivity contribution >= 4 is 27.5 Å². The van der Waals surface area contributed by atoms with Crippen molar-refractivity contribution in [2.45, 2.75) is 70.3 Å². The number of hydrogen-bond donors (Lipinski definition) is 1. The Morgan fingerprint density at radius 2 is 1.93 bits per heavy atom.